The molecular formula is C12H12ClFNO+. The van der Waals surface area contributed by atoms with E-state index < -0.39 is 5.82 Å². The molecule has 0 fully saturated rings. The van der Waals surface area contributed by atoms with Gasteiger partial charge in [0.05, 0.1) is 12.1 Å². The summed E-state index contributed by atoms with van der Waals surface area (Å²) >= 11 is 5.71. The quantitative estimate of drug-likeness (QED) is 0.878. The van der Waals surface area contributed by atoms with E-state index in [1.807, 2.05) is 24.5 Å². The lowest BCUT2D eigenvalue weighted by Gasteiger charge is -1.99. The Morgan fingerprint density at radius 3 is 2.81 bits per heavy atom. The predicted octanol–water partition coefficient (Wildman–Crippen LogP) is 2.43. The van der Waals surface area contributed by atoms with Crippen LogP contribution in [-0.2, 0) is 6.54 Å². The van der Waals surface area contributed by atoms with E-state index in [1.54, 1.807) is 12.1 Å². The van der Waals surface area contributed by atoms with Gasteiger partial charge in [-0.3, -0.25) is 0 Å². The van der Waals surface area contributed by atoms with E-state index in [0.29, 0.717) is 5.76 Å². The molecule has 0 spiro atoms. The maximum atomic E-state index is 13.0. The molecule has 0 radical (unpaired) electrons. The van der Waals surface area contributed by atoms with Gasteiger partial charge in [0.15, 0.2) is 5.76 Å². The molecule has 1 heterocycles. The van der Waals surface area contributed by atoms with Crippen molar-refractivity contribution in [2.45, 2.75) is 6.54 Å². The normalized spacial score (nSPS) is 10.7. The molecule has 0 aliphatic carbocycles. The van der Waals surface area contributed by atoms with Gasteiger partial charge in [-0.1, -0.05) is 11.6 Å². The molecule has 16 heavy (non-hydrogen) atoms. The summed E-state index contributed by atoms with van der Waals surface area (Å²) in [6.07, 6.45) is 0. The largest absolute Gasteiger partial charge is 0.455 e. The van der Waals surface area contributed by atoms with Crippen LogP contribution in [0.25, 0.3) is 11.3 Å². The van der Waals surface area contributed by atoms with Crippen LogP contribution in [0.2, 0.25) is 5.02 Å². The molecule has 0 aliphatic rings. The molecule has 0 atom stereocenters. The third-order valence-electron chi connectivity index (χ3n) is 2.27. The topological polar surface area (TPSA) is 29.8 Å². The molecule has 2 nitrogen and oxygen atoms in total. The van der Waals surface area contributed by atoms with E-state index in [0.717, 1.165) is 17.9 Å². The SMILES string of the molecule is C[NH2+]Cc1ccc(-c2ccc(F)c(Cl)c2)o1. The van der Waals surface area contributed by atoms with Crippen molar-refractivity contribution < 1.29 is 14.1 Å². The number of benzene rings is 1. The van der Waals surface area contributed by atoms with E-state index >= 15 is 0 Å². The molecule has 2 N–H and O–H groups in total. The van der Waals surface area contributed by atoms with Crippen molar-refractivity contribution >= 4 is 11.6 Å². The van der Waals surface area contributed by atoms with E-state index in [9.17, 15) is 4.39 Å². The van der Waals surface area contributed by atoms with Gasteiger partial charge < -0.3 is 9.73 Å². The molecule has 84 valence electrons. The molecule has 2 rings (SSSR count). The summed E-state index contributed by atoms with van der Waals surface area (Å²) in [6, 6.07) is 8.33. The average Bonchev–Trinajstić information content (AvgIpc) is 2.71. The highest BCUT2D eigenvalue weighted by atomic mass is 35.5. The van der Waals surface area contributed by atoms with Gasteiger partial charge in [-0.05, 0) is 30.3 Å². The van der Waals surface area contributed by atoms with Crippen LogP contribution in [0, 0.1) is 5.82 Å². The average molecular weight is 241 g/mol. The summed E-state index contributed by atoms with van der Waals surface area (Å²) in [7, 11) is 1.97. The Balaban J connectivity index is 2.31. The van der Waals surface area contributed by atoms with Crippen molar-refractivity contribution in [1.82, 2.24) is 0 Å². The minimum absolute atomic E-state index is 0.109. The number of halogens is 2. The Morgan fingerprint density at radius 1 is 1.31 bits per heavy atom. The van der Waals surface area contributed by atoms with Crippen LogP contribution < -0.4 is 5.32 Å². The van der Waals surface area contributed by atoms with Crippen LogP contribution >= 0.6 is 11.6 Å². The molecule has 0 saturated carbocycles. The summed E-state index contributed by atoms with van der Waals surface area (Å²) < 4.78 is 18.6. The Bertz CT molecular complexity index is 496. The van der Waals surface area contributed by atoms with Crippen LogP contribution in [0.4, 0.5) is 4.39 Å². The Hall–Kier alpha value is -1.32. The van der Waals surface area contributed by atoms with Crippen LogP contribution in [0.3, 0.4) is 0 Å². The highest BCUT2D eigenvalue weighted by Crippen LogP contribution is 2.26. The number of nitrogens with two attached hydrogens (primary N) is 1. The fourth-order valence-electron chi connectivity index (χ4n) is 1.49. The van der Waals surface area contributed by atoms with Crippen molar-refractivity contribution in [2.75, 3.05) is 7.05 Å². The standard InChI is InChI=1S/C12H11ClFNO/c1-15-7-9-3-5-12(16-9)8-2-4-11(14)10(13)6-8/h2-6,15H,7H2,1H3/p+1. The molecule has 0 amide bonds. The third kappa shape index (κ3) is 2.26. The number of hydrogen-bond acceptors (Lipinski definition) is 1. The highest BCUT2D eigenvalue weighted by Gasteiger charge is 2.07. The zero-order valence-corrected chi connectivity index (χ0v) is 9.59. The van der Waals surface area contributed by atoms with Crippen molar-refractivity contribution in [1.29, 1.82) is 0 Å². The van der Waals surface area contributed by atoms with Crippen LogP contribution in [0.5, 0.6) is 0 Å². The first kappa shape index (κ1) is 11.2. The summed E-state index contributed by atoms with van der Waals surface area (Å²) in [5.74, 6) is 1.18. The molecule has 4 heteroatoms. The number of rotatable bonds is 3. The van der Waals surface area contributed by atoms with Gasteiger partial charge in [0, 0.05) is 5.56 Å². The second kappa shape index (κ2) is 4.68. The first-order valence-electron chi connectivity index (χ1n) is 5.02. The van der Waals surface area contributed by atoms with Gasteiger partial charge in [0.2, 0.25) is 0 Å². The maximum Gasteiger partial charge on any atom is 0.158 e. The van der Waals surface area contributed by atoms with Gasteiger partial charge in [-0.2, -0.15) is 0 Å². The minimum atomic E-state index is -0.418. The summed E-state index contributed by atoms with van der Waals surface area (Å²) in [6.45, 7) is 0.787. The minimum Gasteiger partial charge on any atom is -0.455 e. The highest BCUT2D eigenvalue weighted by molar-refractivity contribution is 6.31. The first-order valence-corrected chi connectivity index (χ1v) is 5.40. The van der Waals surface area contributed by atoms with Gasteiger partial charge in [-0.15, -0.1) is 0 Å². The molecule has 0 bridgehead atoms. The number of hydrogen-bond donors (Lipinski definition) is 1. The van der Waals surface area contributed by atoms with E-state index in [-0.39, 0.29) is 5.02 Å². The predicted molar refractivity (Wildman–Crippen MR) is 60.7 cm³/mol. The lowest BCUT2D eigenvalue weighted by Crippen LogP contribution is -2.77. The molecule has 0 aliphatic heterocycles. The van der Waals surface area contributed by atoms with Crippen LogP contribution in [0.1, 0.15) is 5.76 Å². The zero-order valence-electron chi connectivity index (χ0n) is 8.84. The third-order valence-corrected chi connectivity index (χ3v) is 2.56. The molecule has 1 aromatic heterocycles. The molecule has 2 aromatic rings. The summed E-state index contributed by atoms with van der Waals surface area (Å²) in [5.41, 5.74) is 0.786. The zero-order chi connectivity index (χ0) is 11.5. The monoisotopic (exact) mass is 240 g/mol. The summed E-state index contributed by atoms with van der Waals surface area (Å²) in [4.78, 5) is 0. The molecule has 0 saturated heterocycles. The summed E-state index contributed by atoms with van der Waals surface area (Å²) in [5, 5.41) is 2.12. The van der Waals surface area contributed by atoms with Gasteiger partial charge in [0.25, 0.3) is 0 Å². The van der Waals surface area contributed by atoms with E-state index in [1.165, 1.54) is 6.07 Å². The lowest BCUT2D eigenvalue weighted by atomic mass is 10.2. The van der Waals surface area contributed by atoms with Crippen molar-refractivity contribution in [3.05, 3.63) is 46.9 Å². The number of quaternary nitrogens is 1. The maximum absolute atomic E-state index is 13.0. The Kier molecular flexibility index (Phi) is 3.27. The molecule has 1 aromatic carbocycles. The second-order valence-electron chi connectivity index (χ2n) is 3.51. The van der Waals surface area contributed by atoms with Crippen molar-refractivity contribution in [3.8, 4) is 11.3 Å². The number of furan rings is 1. The van der Waals surface area contributed by atoms with Gasteiger partial charge >= 0.3 is 0 Å². The van der Waals surface area contributed by atoms with Gasteiger partial charge in [-0.25, -0.2) is 4.39 Å². The Labute approximate surface area is 98.0 Å². The van der Waals surface area contributed by atoms with E-state index in [4.69, 9.17) is 16.0 Å². The first-order chi connectivity index (χ1) is 7.70. The smallest absolute Gasteiger partial charge is 0.158 e. The van der Waals surface area contributed by atoms with E-state index in [2.05, 4.69) is 0 Å². The fourth-order valence-corrected chi connectivity index (χ4v) is 1.67. The van der Waals surface area contributed by atoms with Crippen molar-refractivity contribution in [3.63, 3.8) is 0 Å². The van der Waals surface area contributed by atoms with Crippen LogP contribution in [-0.4, -0.2) is 7.05 Å². The molecule has 0 unspecified atom stereocenters. The second-order valence-corrected chi connectivity index (χ2v) is 3.91. The molecular weight excluding hydrogens is 229 g/mol. The fraction of sp³-hybridized carbons (Fsp3) is 0.167. The van der Waals surface area contributed by atoms with Crippen molar-refractivity contribution in [2.24, 2.45) is 0 Å². The lowest BCUT2D eigenvalue weighted by molar-refractivity contribution is -0.645. The Morgan fingerprint density at radius 2 is 2.12 bits per heavy atom. The van der Waals surface area contributed by atoms with Crippen LogP contribution in [0.15, 0.2) is 34.7 Å². The van der Waals surface area contributed by atoms with Gasteiger partial charge in [0.1, 0.15) is 18.1 Å².